The van der Waals surface area contributed by atoms with Crippen molar-refractivity contribution in [3.05, 3.63) is 40.8 Å². The Bertz CT molecular complexity index is 613. The minimum absolute atomic E-state index is 0.0379. The topological polar surface area (TPSA) is 110 Å². The maximum absolute atomic E-state index is 11.8. The highest BCUT2D eigenvalue weighted by molar-refractivity contribution is 7.11. The van der Waals surface area contributed by atoms with Gasteiger partial charge in [-0.15, -0.1) is 11.3 Å². The van der Waals surface area contributed by atoms with Gasteiger partial charge < -0.3 is 21.0 Å². The molecule has 1 aromatic heterocycles. The molecule has 1 aromatic carbocycles. The SMILES string of the molecule is N/C(COc1cccc(NC(=O)c2cncs2)c1)=N/O. The number of nitrogens with one attached hydrogen (secondary N) is 1. The van der Waals surface area contributed by atoms with E-state index in [2.05, 4.69) is 15.5 Å². The quantitative estimate of drug-likeness (QED) is 0.335. The van der Waals surface area contributed by atoms with Gasteiger partial charge in [-0.25, -0.2) is 0 Å². The molecule has 1 heterocycles. The van der Waals surface area contributed by atoms with E-state index in [4.69, 9.17) is 15.7 Å². The van der Waals surface area contributed by atoms with Gasteiger partial charge in [0.1, 0.15) is 17.2 Å². The molecule has 0 saturated heterocycles. The Kier molecular flexibility index (Phi) is 4.51. The molecule has 0 saturated carbocycles. The maximum atomic E-state index is 11.8. The number of benzene rings is 1. The van der Waals surface area contributed by atoms with Crippen LogP contribution >= 0.6 is 11.3 Å². The summed E-state index contributed by atoms with van der Waals surface area (Å²) in [4.78, 5) is 16.2. The van der Waals surface area contributed by atoms with E-state index in [1.165, 1.54) is 17.5 Å². The lowest BCUT2D eigenvalue weighted by Crippen LogP contribution is -2.20. The van der Waals surface area contributed by atoms with Crippen LogP contribution in [0.2, 0.25) is 0 Å². The normalized spacial score (nSPS) is 11.1. The van der Waals surface area contributed by atoms with Crippen LogP contribution < -0.4 is 15.8 Å². The average Bonchev–Trinajstić information content (AvgIpc) is 2.99. The lowest BCUT2D eigenvalue weighted by Gasteiger charge is -2.08. The maximum Gasteiger partial charge on any atom is 0.267 e. The van der Waals surface area contributed by atoms with Gasteiger partial charge in [-0.05, 0) is 12.1 Å². The molecular weight excluding hydrogens is 280 g/mol. The minimum Gasteiger partial charge on any atom is -0.485 e. The fraction of sp³-hybridized carbons (Fsp3) is 0.0833. The first-order valence-corrected chi connectivity index (χ1v) is 6.46. The molecule has 0 radical (unpaired) electrons. The van der Waals surface area contributed by atoms with Crippen molar-refractivity contribution >= 4 is 28.8 Å². The monoisotopic (exact) mass is 292 g/mol. The first-order valence-electron chi connectivity index (χ1n) is 5.58. The van der Waals surface area contributed by atoms with Crippen molar-refractivity contribution in [2.45, 2.75) is 0 Å². The van der Waals surface area contributed by atoms with Gasteiger partial charge in [-0.3, -0.25) is 9.78 Å². The third-order valence-corrected chi connectivity index (χ3v) is 3.04. The molecule has 20 heavy (non-hydrogen) atoms. The molecule has 0 aliphatic rings. The number of oxime groups is 1. The fourth-order valence-corrected chi connectivity index (χ4v) is 1.89. The Balaban J connectivity index is 2.01. The lowest BCUT2D eigenvalue weighted by atomic mass is 10.3. The van der Waals surface area contributed by atoms with Crippen LogP contribution in [0.3, 0.4) is 0 Å². The molecule has 104 valence electrons. The standard InChI is InChI=1S/C12H12N4O3S/c13-11(16-18)6-19-9-3-1-2-8(4-9)15-12(17)10-5-14-7-20-10/h1-5,7,18H,6H2,(H2,13,16)(H,15,17). The van der Waals surface area contributed by atoms with Gasteiger partial charge in [-0.1, -0.05) is 11.2 Å². The molecule has 0 spiro atoms. The van der Waals surface area contributed by atoms with Crippen LogP contribution in [0.1, 0.15) is 9.67 Å². The zero-order chi connectivity index (χ0) is 14.4. The number of amides is 1. The van der Waals surface area contributed by atoms with E-state index < -0.39 is 0 Å². The van der Waals surface area contributed by atoms with Crippen molar-refractivity contribution in [3.8, 4) is 5.75 Å². The molecule has 0 atom stereocenters. The summed E-state index contributed by atoms with van der Waals surface area (Å²) in [6, 6.07) is 6.80. The van der Waals surface area contributed by atoms with Gasteiger partial charge >= 0.3 is 0 Å². The van der Waals surface area contributed by atoms with Crippen molar-refractivity contribution in [2.24, 2.45) is 10.9 Å². The van der Waals surface area contributed by atoms with Crippen LogP contribution in [0.4, 0.5) is 5.69 Å². The largest absolute Gasteiger partial charge is 0.485 e. The predicted octanol–water partition coefficient (Wildman–Crippen LogP) is 1.52. The summed E-state index contributed by atoms with van der Waals surface area (Å²) in [5.74, 6) is 0.226. The summed E-state index contributed by atoms with van der Waals surface area (Å²) in [5.41, 5.74) is 7.48. The molecule has 0 unspecified atom stereocenters. The zero-order valence-corrected chi connectivity index (χ0v) is 11.1. The summed E-state index contributed by atoms with van der Waals surface area (Å²) >= 11 is 1.26. The van der Waals surface area contributed by atoms with Gasteiger partial charge in [0, 0.05) is 11.8 Å². The number of thiazole rings is 1. The van der Waals surface area contributed by atoms with Crippen LogP contribution in [0.15, 0.2) is 41.1 Å². The van der Waals surface area contributed by atoms with E-state index >= 15 is 0 Å². The number of anilines is 1. The molecule has 0 bridgehead atoms. The number of hydrogen-bond donors (Lipinski definition) is 3. The van der Waals surface area contributed by atoms with Gasteiger partial charge in [0.25, 0.3) is 5.91 Å². The highest BCUT2D eigenvalue weighted by atomic mass is 32.1. The molecule has 7 nitrogen and oxygen atoms in total. The third kappa shape index (κ3) is 3.69. The van der Waals surface area contributed by atoms with Gasteiger partial charge in [0.2, 0.25) is 0 Å². The molecule has 2 rings (SSSR count). The van der Waals surface area contributed by atoms with Crippen molar-refractivity contribution in [1.82, 2.24) is 4.98 Å². The van der Waals surface area contributed by atoms with E-state index in [1.807, 2.05) is 0 Å². The number of rotatable bonds is 5. The molecule has 8 heteroatoms. The molecule has 0 aliphatic heterocycles. The highest BCUT2D eigenvalue weighted by Gasteiger charge is 2.08. The Morgan fingerprint density at radius 1 is 1.55 bits per heavy atom. The Labute approximate surface area is 118 Å². The second-order valence-corrected chi connectivity index (χ2v) is 4.61. The lowest BCUT2D eigenvalue weighted by molar-refractivity contribution is 0.103. The summed E-state index contributed by atoms with van der Waals surface area (Å²) < 4.78 is 5.29. The summed E-state index contributed by atoms with van der Waals surface area (Å²) in [7, 11) is 0. The Morgan fingerprint density at radius 2 is 2.40 bits per heavy atom. The Morgan fingerprint density at radius 3 is 3.10 bits per heavy atom. The molecule has 2 aromatic rings. The second-order valence-electron chi connectivity index (χ2n) is 3.73. The third-order valence-electron chi connectivity index (χ3n) is 2.26. The number of ether oxygens (including phenoxy) is 1. The summed E-state index contributed by atoms with van der Waals surface area (Å²) in [5, 5.41) is 13.9. The van der Waals surface area contributed by atoms with Crippen LogP contribution in [-0.4, -0.2) is 28.5 Å². The number of nitrogens with zero attached hydrogens (tertiary/aromatic N) is 2. The zero-order valence-electron chi connectivity index (χ0n) is 10.3. The average molecular weight is 292 g/mol. The number of nitrogens with two attached hydrogens (primary N) is 1. The highest BCUT2D eigenvalue weighted by Crippen LogP contribution is 2.18. The number of carbonyl (C=O) groups excluding carboxylic acids is 1. The number of amidine groups is 1. The van der Waals surface area contributed by atoms with E-state index in [0.717, 1.165) is 0 Å². The van der Waals surface area contributed by atoms with Crippen LogP contribution in [0, 0.1) is 0 Å². The van der Waals surface area contributed by atoms with E-state index in [1.54, 1.807) is 29.8 Å². The second kappa shape index (κ2) is 6.53. The molecule has 0 aliphatic carbocycles. The van der Waals surface area contributed by atoms with Crippen LogP contribution in [0.25, 0.3) is 0 Å². The number of hydrogen-bond acceptors (Lipinski definition) is 6. The van der Waals surface area contributed by atoms with E-state index in [0.29, 0.717) is 16.3 Å². The minimum atomic E-state index is -0.235. The van der Waals surface area contributed by atoms with Crippen LogP contribution in [0.5, 0.6) is 5.75 Å². The van der Waals surface area contributed by atoms with Crippen LogP contribution in [-0.2, 0) is 0 Å². The van der Waals surface area contributed by atoms with Crippen molar-refractivity contribution in [1.29, 1.82) is 0 Å². The molecular formula is C12H12N4O3S. The summed E-state index contributed by atoms with van der Waals surface area (Å²) in [6.45, 7) is -0.0389. The van der Waals surface area contributed by atoms with Crippen molar-refractivity contribution in [3.63, 3.8) is 0 Å². The molecule has 4 N–H and O–H groups in total. The van der Waals surface area contributed by atoms with Crippen molar-refractivity contribution in [2.75, 3.05) is 11.9 Å². The number of carbonyl (C=O) groups is 1. The first-order chi connectivity index (χ1) is 9.69. The van der Waals surface area contributed by atoms with Gasteiger partial charge in [-0.2, -0.15) is 0 Å². The van der Waals surface area contributed by atoms with E-state index in [9.17, 15) is 4.79 Å². The molecule has 1 amide bonds. The van der Waals surface area contributed by atoms with Crippen molar-refractivity contribution < 1.29 is 14.7 Å². The molecule has 0 fully saturated rings. The van der Waals surface area contributed by atoms with Gasteiger partial charge in [0.05, 0.1) is 11.7 Å². The first kappa shape index (κ1) is 13.8. The predicted molar refractivity (Wildman–Crippen MR) is 75.4 cm³/mol. The Hall–Kier alpha value is -2.61. The fourth-order valence-electron chi connectivity index (χ4n) is 1.37. The smallest absolute Gasteiger partial charge is 0.267 e. The van der Waals surface area contributed by atoms with Gasteiger partial charge in [0.15, 0.2) is 5.84 Å². The summed E-state index contributed by atoms with van der Waals surface area (Å²) in [6.07, 6.45) is 1.50. The van der Waals surface area contributed by atoms with E-state index in [-0.39, 0.29) is 18.3 Å². The number of aromatic nitrogens is 1.